The first-order valence-electron chi connectivity index (χ1n) is 13.4. The number of ether oxygens (including phenoxy) is 2. The first-order valence-corrected chi connectivity index (χ1v) is 14.2. The lowest BCUT2D eigenvalue weighted by Gasteiger charge is -2.34. The third-order valence-electron chi connectivity index (χ3n) is 6.50. The second kappa shape index (κ2) is 11.8. The van der Waals surface area contributed by atoms with Crippen LogP contribution >= 0.6 is 11.3 Å². The van der Waals surface area contributed by atoms with Gasteiger partial charge in [-0.3, -0.25) is 4.79 Å². The van der Waals surface area contributed by atoms with Crippen LogP contribution in [0, 0.1) is 11.6 Å². The van der Waals surface area contributed by atoms with Crippen molar-refractivity contribution in [2.75, 3.05) is 24.1 Å². The minimum absolute atomic E-state index is 0.00331. The third kappa shape index (κ3) is 6.54. The van der Waals surface area contributed by atoms with Gasteiger partial charge in [-0.15, -0.1) is 11.3 Å². The smallest absolute Gasteiger partial charge is 0.410 e. The van der Waals surface area contributed by atoms with Crippen molar-refractivity contribution in [2.24, 2.45) is 0 Å². The number of aromatic nitrogens is 1. The minimum atomic E-state index is -0.871. The van der Waals surface area contributed by atoms with Crippen LogP contribution in [0.25, 0.3) is 10.2 Å². The van der Waals surface area contributed by atoms with Crippen molar-refractivity contribution < 1.29 is 27.8 Å². The monoisotopic (exact) mass is 595 g/mol. The predicted molar refractivity (Wildman–Crippen MR) is 158 cm³/mol. The van der Waals surface area contributed by atoms with Crippen molar-refractivity contribution in [3.05, 3.63) is 71.2 Å². The van der Waals surface area contributed by atoms with E-state index in [0.717, 1.165) is 23.5 Å². The number of hydrogen-bond donors (Lipinski definition) is 3. The highest BCUT2D eigenvalue weighted by atomic mass is 32.1. The number of fused-ring (bicyclic) bond motifs is 1. The summed E-state index contributed by atoms with van der Waals surface area (Å²) in [4.78, 5) is 32.3. The predicted octanol–water partition coefficient (Wildman–Crippen LogP) is 6.82. The standard InChI is InChI=1S/C30H31F2N5O4S/c1-30(2,3)41-29(39)37-13-7-8-17(16-37)35-27(38)26-24(33)23-22(11-12-34-28(23)42-26)36-25-20(31)14-19(15-21(25)32)40-18-9-5-4-6-10-18/h4-6,9-12,14-15,17H,7-8,13,16,33H2,1-3H3,(H,34,36)(H,35,38)/t17-/m1/s1. The fraction of sp³-hybridized carbons (Fsp3) is 0.300. The lowest BCUT2D eigenvalue weighted by Crippen LogP contribution is -2.50. The van der Waals surface area contributed by atoms with Gasteiger partial charge in [0.25, 0.3) is 5.91 Å². The second-order valence-electron chi connectivity index (χ2n) is 10.9. The Balaban J connectivity index is 1.33. The third-order valence-corrected chi connectivity index (χ3v) is 7.61. The molecule has 1 fully saturated rings. The number of carbonyl (C=O) groups excluding carboxylic acids is 2. The lowest BCUT2D eigenvalue weighted by atomic mass is 10.1. The van der Waals surface area contributed by atoms with Crippen LogP contribution in [0.5, 0.6) is 11.5 Å². The van der Waals surface area contributed by atoms with Gasteiger partial charge < -0.3 is 30.7 Å². The summed E-state index contributed by atoms with van der Waals surface area (Å²) in [7, 11) is 0. The number of nitrogens with two attached hydrogens (primary N) is 1. The molecule has 0 aliphatic carbocycles. The van der Waals surface area contributed by atoms with E-state index in [1.807, 2.05) is 0 Å². The molecule has 9 nitrogen and oxygen atoms in total. The van der Waals surface area contributed by atoms with Crippen LogP contribution in [0.3, 0.4) is 0 Å². The van der Waals surface area contributed by atoms with Crippen LogP contribution in [0.4, 0.5) is 30.6 Å². The number of para-hydroxylation sites is 1. The molecule has 4 N–H and O–H groups in total. The molecule has 3 heterocycles. The van der Waals surface area contributed by atoms with Crippen LogP contribution in [0.15, 0.2) is 54.7 Å². The highest BCUT2D eigenvalue weighted by Gasteiger charge is 2.30. The first-order chi connectivity index (χ1) is 20.0. The molecule has 0 bridgehead atoms. The number of rotatable bonds is 6. The van der Waals surface area contributed by atoms with Gasteiger partial charge in [-0.25, -0.2) is 18.6 Å². The maximum Gasteiger partial charge on any atom is 0.410 e. The van der Waals surface area contributed by atoms with Gasteiger partial charge >= 0.3 is 6.09 Å². The van der Waals surface area contributed by atoms with Gasteiger partial charge in [0.05, 0.1) is 16.8 Å². The van der Waals surface area contributed by atoms with E-state index in [1.165, 1.54) is 12.3 Å². The summed E-state index contributed by atoms with van der Waals surface area (Å²) < 4.78 is 41.1. The molecular formula is C30H31F2N5O4S. The van der Waals surface area contributed by atoms with Crippen LogP contribution in [0.1, 0.15) is 43.3 Å². The van der Waals surface area contributed by atoms with E-state index in [0.29, 0.717) is 41.9 Å². The molecule has 2 amide bonds. The molecule has 0 spiro atoms. The van der Waals surface area contributed by atoms with Crippen LogP contribution in [-0.2, 0) is 4.74 Å². The highest BCUT2D eigenvalue weighted by Crippen LogP contribution is 2.39. The number of carbonyl (C=O) groups is 2. The molecule has 0 unspecified atom stereocenters. The van der Waals surface area contributed by atoms with E-state index < -0.39 is 34.9 Å². The Labute approximate surface area is 245 Å². The Hall–Kier alpha value is -4.45. The fourth-order valence-electron chi connectivity index (χ4n) is 4.64. The Morgan fingerprint density at radius 3 is 2.50 bits per heavy atom. The molecule has 42 heavy (non-hydrogen) atoms. The molecule has 4 aromatic rings. The molecule has 5 rings (SSSR count). The molecule has 1 atom stereocenters. The molecule has 0 saturated carbocycles. The highest BCUT2D eigenvalue weighted by molar-refractivity contribution is 7.21. The van der Waals surface area contributed by atoms with Gasteiger partial charge in [0.15, 0.2) is 11.6 Å². The first kappa shape index (κ1) is 29.1. The SMILES string of the molecule is CC(C)(C)OC(=O)N1CCC[C@@H](NC(=O)c2sc3nccc(Nc4c(F)cc(Oc5ccccc5)cc4F)c3c2N)C1. The summed E-state index contributed by atoms with van der Waals surface area (Å²) in [5.74, 6) is -1.72. The van der Waals surface area contributed by atoms with Gasteiger partial charge in [0, 0.05) is 37.5 Å². The number of likely N-dealkylation sites (tertiary alicyclic amines) is 1. The van der Waals surface area contributed by atoms with E-state index in [9.17, 15) is 9.59 Å². The van der Waals surface area contributed by atoms with Crippen molar-refractivity contribution >= 4 is 50.6 Å². The van der Waals surface area contributed by atoms with E-state index in [-0.39, 0.29) is 28.0 Å². The second-order valence-corrected chi connectivity index (χ2v) is 11.9. The van der Waals surface area contributed by atoms with Crippen molar-refractivity contribution in [3.63, 3.8) is 0 Å². The van der Waals surface area contributed by atoms with E-state index >= 15 is 8.78 Å². The number of thiophene rings is 1. The van der Waals surface area contributed by atoms with Crippen molar-refractivity contribution in [1.82, 2.24) is 15.2 Å². The summed E-state index contributed by atoms with van der Waals surface area (Å²) >= 11 is 1.07. The maximum absolute atomic E-state index is 15.0. The van der Waals surface area contributed by atoms with Crippen LogP contribution < -0.4 is 21.1 Å². The Morgan fingerprint density at radius 1 is 1.10 bits per heavy atom. The minimum Gasteiger partial charge on any atom is -0.457 e. The van der Waals surface area contributed by atoms with Crippen molar-refractivity contribution in [2.45, 2.75) is 45.3 Å². The number of hydrogen-bond acceptors (Lipinski definition) is 8. The zero-order valence-corrected chi connectivity index (χ0v) is 24.2. The maximum atomic E-state index is 15.0. The number of anilines is 3. The molecule has 2 aromatic heterocycles. The largest absolute Gasteiger partial charge is 0.457 e. The Bertz CT molecular complexity index is 1600. The van der Waals surface area contributed by atoms with E-state index in [2.05, 4.69) is 15.6 Å². The van der Waals surface area contributed by atoms with Crippen LogP contribution in [-0.4, -0.2) is 46.6 Å². The van der Waals surface area contributed by atoms with Gasteiger partial charge in [0.2, 0.25) is 0 Å². The fourth-order valence-corrected chi connectivity index (χ4v) is 5.64. The van der Waals surface area contributed by atoms with Gasteiger partial charge in [-0.1, -0.05) is 18.2 Å². The quantitative estimate of drug-likeness (QED) is 0.224. The van der Waals surface area contributed by atoms with Crippen LogP contribution in [0.2, 0.25) is 0 Å². The van der Waals surface area contributed by atoms with Gasteiger partial charge in [-0.05, 0) is 51.8 Å². The number of nitrogens with zero attached hydrogens (tertiary/aromatic N) is 2. The summed E-state index contributed by atoms with van der Waals surface area (Å²) in [6, 6.07) is 12.0. The molecule has 1 aliphatic rings. The number of amides is 2. The normalized spacial score (nSPS) is 15.4. The number of pyridine rings is 1. The zero-order chi connectivity index (χ0) is 30.0. The van der Waals surface area contributed by atoms with E-state index in [1.54, 1.807) is 56.0 Å². The average Bonchev–Trinajstić information content (AvgIpc) is 3.28. The Morgan fingerprint density at radius 2 is 1.81 bits per heavy atom. The van der Waals surface area contributed by atoms with Crippen molar-refractivity contribution in [1.29, 1.82) is 0 Å². The van der Waals surface area contributed by atoms with Crippen molar-refractivity contribution in [3.8, 4) is 11.5 Å². The molecule has 220 valence electrons. The molecule has 12 heteroatoms. The number of nitrogen functional groups attached to an aromatic ring is 1. The molecular weight excluding hydrogens is 564 g/mol. The summed E-state index contributed by atoms with van der Waals surface area (Å²) in [5, 5.41) is 6.11. The molecule has 2 aromatic carbocycles. The van der Waals surface area contributed by atoms with Gasteiger partial charge in [-0.2, -0.15) is 0 Å². The lowest BCUT2D eigenvalue weighted by molar-refractivity contribution is 0.0185. The summed E-state index contributed by atoms with van der Waals surface area (Å²) in [6.45, 7) is 6.24. The molecule has 0 radical (unpaired) electrons. The van der Waals surface area contributed by atoms with E-state index in [4.69, 9.17) is 15.2 Å². The summed E-state index contributed by atoms with van der Waals surface area (Å²) in [6.07, 6.45) is 2.42. The number of benzene rings is 2. The Kier molecular flexibility index (Phi) is 8.17. The number of piperidine rings is 1. The molecule has 1 aliphatic heterocycles. The van der Waals surface area contributed by atoms with Gasteiger partial charge in [0.1, 0.15) is 32.5 Å². The average molecular weight is 596 g/mol. The molecule has 1 saturated heterocycles. The summed E-state index contributed by atoms with van der Waals surface area (Å²) in [5.41, 5.74) is 5.81. The zero-order valence-electron chi connectivity index (χ0n) is 23.4. The topological polar surface area (TPSA) is 119 Å². The number of halogens is 2. The number of nitrogens with one attached hydrogen (secondary N) is 2.